The van der Waals surface area contributed by atoms with Crippen LogP contribution in [0, 0.1) is 18.2 Å². The summed E-state index contributed by atoms with van der Waals surface area (Å²) in [6.07, 6.45) is 10.1. The number of halogens is 3. The molecule has 2 aromatic heterocycles. The molecule has 0 atom stereocenters. The van der Waals surface area contributed by atoms with Gasteiger partial charge in [-0.2, -0.15) is 0 Å². The molecule has 2 N–H and O–H groups in total. The maximum atomic E-state index is 14.9. The summed E-state index contributed by atoms with van der Waals surface area (Å²) >= 11 is 12.5. The second-order valence-corrected chi connectivity index (χ2v) is 7.61. The summed E-state index contributed by atoms with van der Waals surface area (Å²) in [7, 11) is 0. The lowest BCUT2D eigenvalue weighted by Gasteiger charge is -2.18. The van der Waals surface area contributed by atoms with Crippen LogP contribution < -0.4 is 15.8 Å². The predicted molar refractivity (Wildman–Crippen MR) is 120 cm³/mol. The van der Waals surface area contributed by atoms with Crippen LogP contribution in [0.5, 0.6) is 0 Å². The number of rotatable bonds is 4. The van der Waals surface area contributed by atoms with Gasteiger partial charge in [0.25, 0.3) is 5.91 Å². The lowest BCUT2D eigenvalue weighted by Crippen LogP contribution is -2.33. The number of hydrogen-bond donors (Lipinski definition) is 2. The summed E-state index contributed by atoms with van der Waals surface area (Å²) in [5, 5.41) is 4.36. The number of nitrogens with one attached hydrogen (secondary N) is 2. The fourth-order valence-corrected chi connectivity index (χ4v) is 3.72. The highest BCUT2D eigenvalue weighted by atomic mass is 35.5. The molecule has 0 aliphatic carbocycles. The summed E-state index contributed by atoms with van der Waals surface area (Å²) in [6, 6.07) is 5.42. The predicted octanol–water partition coefficient (Wildman–Crippen LogP) is 4.06. The van der Waals surface area contributed by atoms with Crippen LogP contribution in [0.3, 0.4) is 0 Å². The van der Waals surface area contributed by atoms with Gasteiger partial charge in [-0.15, -0.1) is 6.42 Å². The SMILES string of the molecule is C#Cc1cnccc1-c1cc(Cl)c(C(=O)Nc2cnc(N3CCC(=O)N3)c(Cl)c2)cc1F. The van der Waals surface area contributed by atoms with E-state index in [4.69, 9.17) is 29.6 Å². The standard InChI is InChI=1S/C22H14Cl2FN5O2/c1-2-12-10-26-5-3-14(12)15-8-17(23)16(9-19(15)25)22(32)28-13-7-18(24)21(27-11-13)30-6-4-20(31)29-30/h1,3,5,7-11H,4,6H2,(H,28,32)(H,29,31). The van der Waals surface area contributed by atoms with E-state index < -0.39 is 11.7 Å². The van der Waals surface area contributed by atoms with Gasteiger partial charge in [0.1, 0.15) is 5.82 Å². The van der Waals surface area contributed by atoms with Gasteiger partial charge in [-0.05, 0) is 24.3 Å². The van der Waals surface area contributed by atoms with Gasteiger partial charge in [0.15, 0.2) is 5.82 Å². The molecule has 1 aliphatic heterocycles. The molecule has 0 saturated carbocycles. The molecule has 32 heavy (non-hydrogen) atoms. The molecule has 3 aromatic rings. The fourth-order valence-electron chi connectivity index (χ4n) is 3.20. The van der Waals surface area contributed by atoms with Crippen LogP contribution in [0.25, 0.3) is 11.1 Å². The third-order valence-electron chi connectivity index (χ3n) is 4.73. The van der Waals surface area contributed by atoms with Crippen LogP contribution in [0.2, 0.25) is 10.0 Å². The van der Waals surface area contributed by atoms with Gasteiger partial charge in [0.05, 0.1) is 39.6 Å². The monoisotopic (exact) mass is 469 g/mol. The molecule has 0 spiro atoms. The summed E-state index contributed by atoms with van der Waals surface area (Å²) in [5.41, 5.74) is 3.82. The van der Waals surface area contributed by atoms with E-state index in [1.54, 1.807) is 6.07 Å². The lowest BCUT2D eigenvalue weighted by molar-refractivity contribution is -0.119. The highest BCUT2D eigenvalue weighted by molar-refractivity contribution is 6.35. The van der Waals surface area contributed by atoms with E-state index >= 15 is 0 Å². The van der Waals surface area contributed by atoms with E-state index in [1.807, 2.05) is 0 Å². The lowest BCUT2D eigenvalue weighted by atomic mass is 10.00. The second kappa shape index (κ2) is 8.83. The second-order valence-electron chi connectivity index (χ2n) is 6.80. The van der Waals surface area contributed by atoms with Crippen LogP contribution in [-0.2, 0) is 4.79 Å². The van der Waals surface area contributed by atoms with Crippen LogP contribution in [0.15, 0.2) is 42.9 Å². The summed E-state index contributed by atoms with van der Waals surface area (Å²) in [5.74, 6) is 1.35. The number of benzene rings is 1. The van der Waals surface area contributed by atoms with Crippen molar-refractivity contribution in [1.29, 1.82) is 0 Å². The van der Waals surface area contributed by atoms with Gasteiger partial charge in [0.2, 0.25) is 5.91 Å². The third-order valence-corrected chi connectivity index (χ3v) is 5.32. The Morgan fingerprint density at radius 3 is 2.72 bits per heavy atom. The normalized spacial score (nSPS) is 12.9. The van der Waals surface area contributed by atoms with Gasteiger partial charge in [-0.1, -0.05) is 29.1 Å². The molecule has 160 valence electrons. The zero-order chi connectivity index (χ0) is 22.8. The Bertz CT molecular complexity index is 1290. The van der Waals surface area contributed by atoms with Crippen LogP contribution in [0.1, 0.15) is 22.3 Å². The number of aromatic nitrogens is 2. The van der Waals surface area contributed by atoms with Gasteiger partial charge < -0.3 is 5.32 Å². The average Bonchev–Trinajstić information content (AvgIpc) is 3.21. The van der Waals surface area contributed by atoms with Crippen molar-refractivity contribution in [3.8, 4) is 23.5 Å². The quantitative estimate of drug-likeness (QED) is 0.562. The zero-order valence-corrected chi connectivity index (χ0v) is 17.8. The Kier molecular flexibility index (Phi) is 5.95. The number of carbonyl (C=O) groups excluding carboxylic acids is 2. The molecular formula is C22H14Cl2FN5O2. The molecule has 1 aromatic carbocycles. The Labute approximate surface area is 192 Å². The van der Waals surface area contributed by atoms with Crippen LogP contribution in [-0.4, -0.2) is 28.3 Å². The van der Waals surface area contributed by atoms with Crippen molar-refractivity contribution in [2.45, 2.75) is 6.42 Å². The highest BCUT2D eigenvalue weighted by Crippen LogP contribution is 2.32. The number of nitrogens with zero attached hydrogens (tertiary/aromatic N) is 3. The third kappa shape index (κ3) is 4.21. The minimum atomic E-state index is -0.668. The van der Waals surface area contributed by atoms with Crippen molar-refractivity contribution in [2.24, 2.45) is 0 Å². The Hall–Kier alpha value is -3.67. The first-order valence-corrected chi connectivity index (χ1v) is 10.1. The number of hydrogen-bond acceptors (Lipinski definition) is 5. The molecule has 4 rings (SSSR count). The number of terminal acetylenes is 1. The summed E-state index contributed by atoms with van der Waals surface area (Å²) in [6.45, 7) is 0.428. The molecule has 1 fully saturated rings. The highest BCUT2D eigenvalue weighted by Gasteiger charge is 2.23. The van der Waals surface area contributed by atoms with E-state index in [-0.39, 0.29) is 32.8 Å². The average molecular weight is 470 g/mol. The molecule has 1 saturated heterocycles. The van der Waals surface area contributed by atoms with Crippen molar-refractivity contribution >= 4 is 46.5 Å². The smallest absolute Gasteiger partial charge is 0.257 e. The first-order valence-electron chi connectivity index (χ1n) is 9.31. The number of pyridine rings is 2. The Morgan fingerprint density at radius 1 is 1.22 bits per heavy atom. The molecule has 1 aliphatic rings. The van der Waals surface area contributed by atoms with Crippen molar-refractivity contribution in [3.63, 3.8) is 0 Å². The van der Waals surface area contributed by atoms with E-state index in [9.17, 15) is 14.0 Å². The van der Waals surface area contributed by atoms with E-state index in [0.29, 0.717) is 29.9 Å². The molecule has 0 bridgehead atoms. The molecule has 0 radical (unpaired) electrons. The van der Waals surface area contributed by atoms with Gasteiger partial charge in [-0.3, -0.25) is 25.0 Å². The van der Waals surface area contributed by atoms with Crippen LogP contribution >= 0.6 is 23.2 Å². The van der Waals surface area contributed by atoms with Crippen molar-refractivity contribution in [3.05, 3.63) is 69.8 Å². The minimum absolute atomic E-state index is 0.0362. The molecule has 7 nitrogen and oxygen atoms in total. The number of anilines is 2. The summed E-state index contributed by atoms with van der Waals surface area (Å²) < 4.78 is 14.9. The molecule has 3 heterocycles. The molecule has 10 heteroatoms. The molecule has 2 amide bonds. The Balaban J connectivity index is 1.58. The maximum Gasteiger partial charge on any atom is 0.257 e. The van der Waals surface area contributed by atoms with Crippen molar-refractivity contribution in [1.82, 2.24) is 15.4 Å². The van der Waals surface area contributed by atoms with E-state index in [2.05, 4.69) is 26.6 Å². The van der Waals surface area contributed by atoms with Gasteiger partial charge in [0, 0.05) is 29.9 Å². The minimum Gasteiger partial charge on any atom is -0.320 e. The van der Waals surface area contributed by atoms with Crippen molar-refractivity contribution in [2.75, 3.05) is 16.9 Å². The van der Waals surface area contributed by atoms with Gasteiger partial charge >= 0.3 is 0 Å². The maximum absolute atomic E-state index is 14.9. The summed E-state index contributed by atoms with van der Waals surface area (Å²) in [4.78, 5) is 32.2. The number of amides is 2. The van der Waals surface area contributed by atoms with Crippen LogP contribution in [0.4, 0.5) is 15.9 Å². The fraction of sp³-hybridized carbons (Fsp3) is 0.0909. The Morgan fingerprint density at radius 2 is 2.03 bits per heavy atom. The van der Waals surface area contributed by atoms with E-state index in [1.165, 1.54) is 35.7 Å². The molecular weight excluding hydrogens is 456 g/mol. The van der Waals surface area contributed by atoms with Gasteiger partial charge in [-0.25, -0.2) is 9.37 Å². The number of carbonyl (C=O) groups is 2. The van der Waals surface area contributed by atoms with Crippen molar-refractivity contribution < 1.29 is 14.0 Å². The largest absolute Gasteiger partial charge is 0.320 e. The topological polar surface area (TPSA) is 87.2 Å². The first kappa shape index (κ1) is 21.6. The first-order chi connectivity index (χ1) is 15.4. The number of hydrazine groups is 1. The molecule has 0 unspecified atom stereocenters. The van der Waals surface area contributed by atoms with E-state index in [0.717, 1.165) is 6.07 Å². The zero-order valence-electron chi connectivity index (χ0n) is 16.3.